The first kappa shape index (κ1) is 11.7. The van der Waals surface area contributed by atoms with Crippen LogP contribution in [0.15, 0.2) is 17.0 Å². The van der Waals surface area contributed by atoms with Gasteiger partial charge in [0, 0.05) is 13.2 Å². The molecule has 0 radical (unpaired) electrons. The average Bonchev–Trinajstić information content (AvgIpc) is 2.74. The van der Waals surface area contributed by atoms with Crippen molar-refractivity contribution in [3.8, 4) is 0 Å². The number of nitrogens with zero attached hydrogens (tertiary/aromatic N) is 5. The molecule has 0 saturated heterocycles. The van der Waals surface area contributed by atoms with Crippen molar-refractivity contribution in [2.75, 3.05) is 10.7 Å². The molecule has 0 unspecified atom stereocenters. The van der Waals surface area contributed by atoms with Gasteiger partial charge in [0.1, 0.15) is 12.1 Å². The normalized spacial score (nSPS) is 10.3. The number of anilines is 2. The highest BCUT2D eigenvalue weighted by molar-refractivity contribution is 9.10. The van der Waals surface area contributed by atoms with Gasteiger partial charge in [-0.25, -0.2) is 10.8 Å². The van der Waals surface area contributed by atoms with Crippen molar-refractivity contribution < 1.29 is 0 Å². The fourth-order valence-corrected chi connectivity index (χ4v) is 1.52. The summed E-state index contributed by atoms with van der Waals surface area (Å²) < 4.78 is 2.57. The van der Waals surface area contributed by atoms with E-state index in [4.69, 9.17) is 5.84 Å². The van der Waals surface area contributed by atoms with E-state index < -0.39 is 0 Å². The standard InChI is InChI=1S/C8H11BrN8/c1-17-4-13-16-6(17)3-11-7-5(9)2-12-8(14-7)15-10/h2,4H,3,10H2,1H3,(H2,11,12,14,15). The van der Waals surface area contributed by atoms with E-state index in [1.165, 1.54) is 0 Å². The number of halogens is 1. The van der Waals surface area contributed by atoms with Gasteiger partial charge < -0.3 is 9.88 Å². The lowest BCUT2D eigenvalue weighted by atomic mass is 10.5. The third kappa shape index (κ3) is 2.68. The highest BCUT2D eigenvalue weighted by Gasteiger charge is 2.06. The number of hydrogen-bond donors (Lipinski definition) is 3. The highest BCUT2D eigenvalue weighted by Crippen LogP contribution is 2.20. The quantitative estimate of drug-likeness (QED) is 0.549. The Balaban J connectivity index is 2.11. The predicted molar refractivity (Wildman–Crippen MR) is 65.9 cm³/mol. The van der Waals surface area contributed by atoms with E-state index in [9.17, 15) is 0 Å². The van der Waals surface area contributed by atoms with Gasteiger partial charge in [0.05, 0.1) is 11.0 Å². The fourth-order valence-electron chi connectivity index (χ4n) is 1.19. The molecule has 0 atom stereocenters. The highest BCUT2D eigenvalue weighted by atomic mass is 79.9. The van der Waals surface area contributed by atoms with Crippen LogP contribution in [0.4, 0.5) is 11.8 Å². The minimum atomic E-state index is 0.341. The first-order chi connectivity index (χ1) is 8.20. The lowest BCUT2D eigenvalue weighted by Crippen LogP contribution is -2.13. The molecule has 4 N–H and O–H groups in total. The maximum atomic E-state index is 5.24. The molecular weight excluding hydrogens is 288 g/mol. The van der Waals surface area contributed by atoms with Crippen molar-refractivity contribution in [2.45, 2.75) is 6.54 Å². The summed E-state index contributed by atoms with van der Waals surface area (Å²) in [4.78, 5) is 8.11. The minimum absolute atomic E-state index is 0.341. The van der Waals surface area contributed by atoms with Crippen LogP contribution in [0.1, 0.15) is 5.82 Å². The van der Waals surface area contributed by atoms with E-state index >= 15 is 0 Å². The Labute approximate surface area is 106 Å². The molecule has 2 aromatic heterocycles. The third-order valence-corrected chi connectivity index (χ3v) is 2.67. The van der Waals surface area contributed by atoms with Gasteiger partial charge in [-0.05, 0) is 15.9 Å². The fraction of sp³-hybridized carbons (Fsp3) is 0.250. The molecular formula is C8H11BrN8. The molecule has 0 aliphatic carbocycles. The van der Waals surface area contributed by atoms with Gasteiger partial charge in [-0.15, -0.1) is 10.2 Å². The molecule has 0 saturated carbocycles. The number of nitrogens with one attached hydrogen (secondary N) is 2. The molecule has 8 nitrogen and oxygen atoms in total. The van der Waals surface area contributed by atoms with E-state index in [1.54, 1.807) is 12.5 Å². The Morgan fingerprint density at radius 2 is 2.35 bits per heavy atom. The number of hydrazine groups is 1. The van der Waals surface area contributed by atoms with Gasteiger partial charge in [0.25, 0.3) is 0 Å². The van der Waals surface area contributed by atoms with Crippen LogP contribution in [0.25, 0.3) is 0 Å². The summed E-state index contributed by atoms with van der Waals surface area (Å²) in [7, 11) is 1.87. The van der Waals surface area contributed by atoms with Crippen molar-refractivity contribution in [2.24, 2.45) is 12.9 Å². The maximum absolute atomic E-state index is 5.24. The number of rotatable bonds is 4. The molecule has 0 aliphatic rings. The maximum Gasteiger partial charge on any atom is 0.239 e. The van der Waals surface area contributed by atoms with Crippen molar-refractivity contribution in [1.29, 1.82) is 0 Å². The molecule has 17 heavy (non-hydrogen) atoms. The number of nitrogen functional groups attached to an aromatic ring is 1. The third-order valence-electron chi connectivity index (χ3n) is 2.09. The number of hydrogen-bond acceptors (Lipinski definition) is 7. The van der Waals surface area contributed by atoms with Gasteiger partial charge in [0.15, 0.2) is 5.82 Å². The van der Waals surface area contributed by atoms with Crippen LogP contribution in [0, 0.1) is 0 Å². The van der Waals surface area contributed by atoms with Crippen LogP contribution >= 0.6 is 15.9 Å². The lowest BCUT2D eigenvalue weighted by Gasteiger charge is -2.08. The largest absolute Gasteiger partial charge is 0.362 e. The van der Waals surface area contributed by atoms with Crippen LogP contribution in [-0.2, 0) is 13.6 Å². The molecule has 0 bridgehead atoms. The molecule has 0 aliphatic heterocycles. The Kier molecular flexibility index (Phi) is 3.49. The zero-order valence-electron chi connectivity index (χ0n) is 9.05. The molecule has 90 valence electrons. The molecule has 0 fully saturated rings. The van der Waals surface area contributed by atoms with Crippen molar-refractivity contribution in [1.82, 2.24) is 24.7 Å². The number of aromatic nitrogens is 5. The van der Waals surface area contributed by atoms with Gasteiger partial charge in [0.2, 0.25) is 5.95 Å². The first-order valence-corrected chi connectivity index (χ1v) is 5.56. The Bertz CT molecular complexity index is 510. The molecule has 0 amide bonds. The molecule has 2 aromatic rings. The summed E-state index contributed by atoms with van der Waals surface area (Å²) in [5.41, 5.74) is 2.38. The Hall–Kier alpha value is -1.74. The van der Waals surface area contributed by atoms with Gasteiger partial charge in [-0.1, -0.05) is 0 Å². The topological polar surface area (TPSA) is 107 Å². The summed E-state index contributed by atoms with van der Waals surface area (Å²) in [6.07, 6.45) is 3.25. The van der Waals surface area contributed by atoms with Gasteiger partial charge in [-0.2, -0.15) is 4.98 Å². The molecule has 0 spiro atoms. The van der Waals surface area contributed by atoms with Crippen LogP contribution in [0.3, 0.4) is 0 Å². The van der Waals surface area contributed by atoms with E-state index in [-0.39, 0.29) is 0 Å². The smallest absolute Gasteiger partial charge is 0.239 e. The van der Waals surface area contributed by atoms with Crippen LogP contribution in [0.5, 0.6) is 0 Å². The molecule has 0 aromatic carbocycles. The summed E-state index contributed by atoms with van der Waals surface area (Å²) in [6, 6.07) is 0. The second-order valence-corrected chi connectivity index (χ2v) is 4.10. The molecule has 2 rings (SSSR count). The average molecular weight is 299 g/mol. The molecule has 9 heteroatoms. The van der Waals surface area contributed by atoms with Crippen molar-refractivity contribution in [3.63, 3.8) is 0 Å². The minimum Gasteiger partial charge on any atom is -0.362 e. The Morgan fingerprint density at radius 3 is 3.00 bits per heavy atom. The predicted octanol–water partition coefficient (Wildman–Crippen LogP) is 0.265. The van der Waals surface area contributed by atoms with E-state index in [0.717, 1.165) is 10.3 Å². The van der Waals surface area contributed by atoms with Crippen LogP contribution in [-0.4, -0.2) is 24.7 Å². The van der Waals surface area contributed by atoms with E-state index in [0.29, 0.717) is 18.3 Å². The zero-order chi connectivity index (χ0) is 12.3. The number of nitrogens with two attached hydrogens (primary N) is 1. The number of aryl methyl sites for hydroxylation is 1. The first-order valence-electron chi connectivity index (χ1n) is 4.76. The summed E-state index contributed by atoms with van der Waals surface area (Å²) >= 11 is 3.34. The van der Waals surface area contributed by atoms with Gasteiger partial charge >= 0.3 is 0 Å². The lowest BCUT2D eigenvalue weighted by molar-refractivity contribution is 0.809. The van der Waals surface area contributed by atoms with E-state index in [2.05, 4.69) is 46.8 Å². The van der Waals surface area contributed by atoms with Crippen molar-refractivity contribution >= 4 is 27.7 Å². The molecule has 2 heterocycles. The van der Waals surface area contributed by atoms with Gasteiger partial charge in [-0.3, -0.25) is 5.43 Å². The van der Waals surface area contributed by atoms with E-state index in [1.807, 2.05) is 11.6 Å². The van der Waals surface area contributed by atoms with Crippen molar-refractivity contribution in [3.05, 3.63) is 22.8 Å². The Morgan fingerprint density at radius 1 is 1.53 bits per heavy atom. The second-order valence-electron chi connectivity index (χ2n) is 3.25. The van der Waals surface area contributed by atoms with Crippen LogP contribution in [0.2, 0.25) is 0 Å². The second kappa shape index (κ2) is 5.06. The summed E-state index contributed by atoms with van der Waals surface area (Å²) in [5, 5.41) is 10.9. The zero-order valence-corrected chi connectivity index (χ0v) is 10.6. The SMILES string of the molecule is Cn1cnnc1CNc1nc(NN)ncc1Br. The monoisotopic (exact) mass is 298 g/mol. The van der Waals surface area contributed by atoms with Crippen LogP contribution < -0.4 is 16.6 Å². The summed E-state index contributed by atoms with van der Waals surface area (Å²) in [6.45, 7) is 0.510. The summed E-state index contributed by atoms with van der Waals surface area (Å²) in [5.74, 6) is 7.02.